The molecule has 0 heterocycles. The van der Waals surface area contributed by atoms with Gasteiger partial charge in [-0.15, -0.1) is 0 Å². The van der Waals surface area contributed by atoms with Crippen molar-refractivity contribution in [1.82, 2.24) is 5.32 Å². The Bertz CT molecular complexity index is 468. The second kappa shape index (κ2) is 5.90. The molecule has 0 saturated heterocycles. The quantitative estimate of drug-likeness (QED) is 0.473. The van der Waals surface area contributed by atoms with E-state index >= 15 is 0 Å². The van der Waals surface area contributed by atoms with Crippen LogP contribution in [0.5, 0.6) is 0 Å². The van der Waals surface area contributed by atoms with Crippen LogP contribution in [0.4, 0.5) is 5.69 Å². The van der Waals surface area contributed by atoms with Crippen LogP contribution in [-0.2, 0) is 4.79 Å². The Labute approximate surface area is 105 Å². The normalized spacial score (nSPS) is 11.7. The van der Waals surface area contributed by atoms with E-state index in [9.17, 15) is 14.9 Å². The minimum atomic E-state index is -0.479. The summed E-state index contributed by atoms with van der Waals surface area (Å²) in [5.74, 6) is -0.140. The molecular formula is C12H15N3O3. The number of nitro benzene ring substituents is 1. The van der Waals surface area contributed by atoms with E-state index in [0.717, 1.165) is 0 Å². The van der Waals surface area contributed by atoms with E-state index in [-0.39, 0.29) is 17.6 Å². The Morgan fingerprint density at radius 3 is 2.44 bits per heavy atom. The highest BCUT2D eigenvalue weighted by atomic mass is 16.6. The molecule has 1 atom stereocenters. The van der Waals surface area contributed by atoms with Crippen LogP contribution in [0.25, 0.3) is 0 Å². The second-order valence-electron chi connectivity index (χ2n) is 4.09. The molecule has 96 valence electrons. The lowest BCUT2D eigenvalue weighted by Gasteiger charge is -2.13. The minimum Gasteiger partial charge on any atom is -0.354 e. The third-order valence-corrected chi connectivity index (χ3v) is 2.39. The first-order valence-electron chi connectivity index (χ1n) is 5.49. The van der Waals surface area contributed by atoms with Gasteiger partial charge in [-0.1, -0.05) is 0 Å². The predicted molar refractivity (Wildman–Crippen MR) is 67.8 cm³/mol. The van der Waals surface area contributed by atoms with Gasteiger partial charge in [-0.25, -0.2) is 0 Å². The molecule has 2 N–H and O–H groups in total. The molecule has 1 aromatic rings. The first-order chi connectivity index (χ1) is 8.40. The van der Waals surface area contributed by atoms with Crippen LogP contribution in [-0.4, -0.2) is 22.6 Å². The summed E-state index contributed by atoms with van der Waals surface area (Å²) in [6.07, 6.45) is 0.386. The Hall–Kier alpha value is -2.24. The van der Waals surface area contributed by atoms with Gasteiger partial charge in [0.1, 0.15) is 0 Å². The Balaban J connectivity index is 2.67. The molecule has 0 aromatic heterocycles. The van der Waals surface area contributed by atoms with Crippen molar-refractivity contribution in [2.24, 2.45) is 0 Å². The fraction of sp³-hybridized carbons (Fsp3) is 0.333. The van der Waals surface area contributed by atoms with E-state index < -0.39 is 4.92 Å². The van der Waals surface area contributed by atoms with Crippen molar-refractivity contribution in [3.63, 3.8) is 0 Å². The maximum atomic E-state index is 10.8. The highest BCUT2D eigenvalue weighted by Gasteiger charge is 2.10. The zero-order valence-corrected chi connectivity index (χ0v) is 10.3. The molecular weight excluding hydrogens is 234 g/mol. The summed E-state index contributed by atoms with van der Waals surface area (Å²) in [4.78, 5) is 20.8. The van der Waals surface area contributed by atoms with E-state index in [1.165, 1.54) is 19.1 Å². The van der Waals surface area contributed by atoms with Gasteiger partial charge in [0.2, 0.25) is 5.91 Å². The number of non-ortho nitro benzene ring substituents is 1. The van der Waals surface area contributed by atoms with Crippen molar-refractivity contribution in [3.8, 4) is 0 Å². The van der Waals surface area contributed by atoms with E-state index in [0.29, 0.717) is 17.7 Å². The van der Waals surface area contributed by atoms with Gasteiger partial charge in [0, 0.05) is 37.2 Å². The second-order valence-corrected chi connectivity index (χ2v) is 4.09. The maximum Gasteiger partial charge on any atom is 0.269 e. The number of rotatable bonds is 5. The molecule has 0 aliphatic rings. The molecule has 1 amide bonds. The minimum absolute atomic E-state index is 0.00135. The molecule has 6 heteroatoms. The number of amides is 1. The number of nitrogens with zero attached hydrogens (tertiary/aromatic N) is 1. The highest BCUT2D eigenvalue weighted by molar-refractivity contribution is 5.98. The molecule has 0 unspecified atom stereocenters. The monoisotopic (exact) mass is 249 g/mol. The van der Waals surface area contributed by atoms with Crippen molar-refractivity contribution in [3.05, 3.63) is 39.9 Å². The highest BCUT2D eigenvalue weighted by Crippen LogP contribution is 2.13. The van der Waals surface area contributed by atoms with Gasteiger partial charge in [0.15, 0.2) is 0 Å². The maximum absolute atomic E-state index is 10.8. The molecule has 0 fully saturated rings. The van der Waals surface area contributed by atoms with Gasteiger partial charge in [-0.05, 0) is 24.6 Å². The van der Waals surface area contributed by atoms with Gasteiger partial charge in [-0.2, -0.15) is 0 Å². The van der Waals surface area contributed by atoms with E-state index in [2.05, 4.69) is 5.32 Å². The average molecular weight is 249 g/mol. The number of hydrogen-bond acceptors (Lipinski definition) is 4. The molecule has 0 aliphatic carbocycles. The third kappa shape index (κ3) is 3.97. The molecule has 0 saturated carbocycles. The van der Waals surface area contributed by atoms with Gasteiger partial charge < -0.3 is 10.7 Å². The van der Waals surface area contributed by atoms with Crippen molar-refractivity contribution in [2.45, 2.75) is 26.3 Å². The van der Waals surface area contributed by atoms with Gasteiger partial charge in [-0.3, -0.25) is 14.9 Å². The van der Waals surface area contributed by atoms with Gasteiger partial charge in [0.25, 0.3) is 5.69 Å². The smallest absolute Gasteiger partial charge is 0.269 e. The largest absolute Gasteiger partial charge is 0.354 e. The summed E-state index contributed by atoms with van der Waals surface area (Å²) in [6.45, 7) is 3.23. The summed E-state index contributed by atoms with van der Waals surface area (Å²) in [5.41, 5.74) is 0.963. The zero-order chi connectivity index (χ0) is 13.7. The standard InChI is InChI=1S/C12H15N3O3/c1-8(14-9(2)16)7-12(13)10-3-5-11(6-4-10)15(17)18/h3-6,8,13H,7H2,1-2H3,(H,14,16)/t8-/m1/s1. The first-order valence-corrected chi connectivity index (χ1v) is 5.49. The lowest BCUT2D eigenvalue weighted by Crippen LogP contribution is -2.32. The number of nitrogens with one attached hydrogen (secondary N) is 2. The number of benzene rings is 1. The molecule has 0 aliphatic heterocycles. The van der Waals surface area contributed by atoms with Crippen LogP contribution in [0.3, 0.4) is 0 Å². The molecule has 6 nitrogen and oxygen atoms in total. The zero-order valence-electron chi connectivity index (χ0n) is 10.3. The fourth-order valence-electron chi connectivity index (χ4n) is 1.61. The van der Waals surface area contributed by atoms with Crippen LogP contribution in [0.2, 0.25) is 0 Å². The molecule has 0 bridgehead atoms. The first kappa shape index (κ1) is 13.8. The third-order valence-electron chi connectivity index (χ3n) is 2.39. The predicted octanol–water partition coefficient (Wildman–Crippen LogP) is 1.88. The number of carbonyl (C=O) groups excluding carboxylic acids is 1. The number of carbonyl (C=O) groups is 1. The average Bonchev–Trinajstić information content (AvgIpc) is 2.27. The van der Waals surface area contributed by atoms with Crippen molar-refractivity contribution < 1.29 is 9.72 Å². The summed E-state index contributed by atoms with van der Waals surface area (Å²) in [6, 6.07) is 5.69. The van der Waals surface area contributed by atoms with E-state index in [1.807, 2.05) is 0 Å². The van der Waals surface area contributed by atoms with Crippen LogP contribution in [0, 0.1) is 15.5 Å². The van der Waals surface area contributed by atoms with Crippen LogP contribution < -0.4 is 5.32 Å². The lowest BCUT2D eigenvalue weighted by molar-refractivity contribution is -0.384. The van der Waals surface area contributed by atoms with Gasteiger partial charge in [0.05, 0.1) is 4.92 Å². The van der Waals surface area contributed by atoms with E-state index in [4.69, 9.17) is 5.41 Å². The van der Waals surface area contributed by atoms with Crippen LogP contribution in [0.15, 0.2) is 24.3 Å². The van der Waals surface area contributed by atoms with Crippen molar-refractivity contribution in [2.75, 3.05) is 0 Å². The molecule has 0 radical (unpaired) electrons. The van der Waals surface area contributed by atoms with Crippen molar-refractivity contribution >= 4 is 17.3 Å². The van der Waals surface area contributed by atoms with Crippen LogP contribution in [0.1, 0.15) is 25.8 Å². The summed E-state index contributed by atoms with van der Waals surface area (Å²) in [5, 5.41) is 21.0. The summed E-state index contributed by atoms with van der Waals surface area (Å²) >= 11 is 0. The SMILES string of the molecule is CC(=O)N[C@H](C)CC(=N)c1ccc([N+](=O)[O-])cc1. The summed E-state index contributed by atoms with van der Waals surface area (Å²) in [7, 11) is 0. The molecule has 1 aromatic carbocycles. The molecule has 1 rings (SSSR count). The lowest BCUT2D eigenvalue weighted by atomic mass is 10.0. The molecule has 0 spiro atoms. The number of nitro groups is 1. The van der Waals surface area contributed by atoms with Crippen LogP contribution >= 0.6 is 0 Å². The van der Waals surface area contributed by atoms with Gasteiger partial charge >= 0.3 is 0 Å². The van der Waals surface area contributed by atoms with E-state index in [1.54, 1.807) is 19.1 Å². The fourth-order valence-corrected chi connectivity index (χ4v) is 1.61. The Morgan fingerprint density at radius 1 is 1.44 bits per heavy atom. The Morgan fingerprint density at radius 2 is 2.00 bits per heavy atom. The Kier molecular flexibility index (Phi) is 4.53. The molecule has 18 heavy (non-hydrogen) atoms. The summed E-state index contributed by atoms with van der Waals surface area (Å²) < 4.78 is 0. The number of hydrogen-bond donors (Lipinski definition) is 2. The van der Waals surface area contributed by atoms with Crippen molar-refractivity contribution in [1.29, 1.82) is 5.41 Å². The topological polar surface area (TPSA) is 96.1 Å².